The molecule has 0 bridgehead atoms. The van der Waals surface area contributed by atoms with Gasteiger partial charge in [-0.3, -0.25) is 14.4 Å². The highest BCUT2D eigenvalue weighted by atomic mass is 16.6. The summed E-state index contributed by atoms with van der Waals surface area (Å²) in [6.45, 7) is -0.526. The fourth-order valence-corrected chi connectivity index (χ4v) is 3.66. The summed E-state index contributed by atoms with van der Waals surface area (Å²) in [4.78, 5) is 39.7. The van der Waals surface area contributed by atoms with Crippen LogP contribution in [0.5, 0.6) is 0 Å². The fourth-order valence-electron chi connectivity index (χ4n) is 3.66. The fraction of sp³-hybridized carbons (Fsp3) is 0.217. The van der Waals surface area contributed by atoms with Gasteiger partial charge in [-0.25, -0.2) is 0 Å². The van der Waals surface area contributed by atoms with Gasteiger partial charge in [-0.1, -0.05) is 42.5 Å². The van der Waals surface area contributed by atoms with Crippen molar-refractivity contribution in [2.24, 2.45) is 0 Å². The van der Waals surface area contributed by atoms with Crippen LogP contribution in [0.1, 0.15) is 16.7 Å². The van der Waals surface area contributed by atoms with Crippen molar-refractivity contribution in [1.29, 1.82) is 5.26 Å². The van der Waals surface area contributed by atoms with E-state index in [0.29, 0.717) is 11.1 Å². The van der Waals surface area contributed by atoms with Crippen molar-refractivity contribution in [2.75, 3.05) is 6.54 Å². The lowest BCUT2D eigenvalue weighted by Gasteiger charge is -2.22. The Balaban J connectivity index is 1.69. The van der Waals surface area contributed by atoms with Crippen molar-refractivity contribution in [1.82, 2.24) is 15.1 Å². The van der Waals surface area contributed by atoms with Gasteiger partial charge in [0, 0.05) is 13.1 Å². The molecule has 2 heterocycles. The molecular formula is C23H20N4O6. The first-order chi connectivity index (χ1) is 15.9. The zero-order valence-electron chi connectivity index (χ0n) is 17.3. The van der Waals surface area contributed by atoms with Gasteiger partial charge in [-0.05, 0) is 23.3 Å². The van der Waals surface area contributed by atoms with Gasteiger partial charge in [0.15, 0.2) is 18.0 Å². The van der Waals surface area contributed by atoms with Gasteiger partial charge in [-0.15, -0.1) is 0 Å². The number of aliphatic hydroxyl groups excluding tert-OH is 1. The van der Waals surface area contributed by atoms with Crippen LogP contribution < -0.4 is 5.32 Å². The van der Waals surface area contributed by atoms with Crippen LogP contribution in [-0.2, 0) is 32.2 Å². The van der Waals surface area contributed by atoms with Crippen molar-refractivity contribution < 1.29 is 29.3 Å². The van der Waals surface area contributed by atoms with Gasteiger partial charge in [0.1, 0.15) is 6.54 Å². The predicted molar refractivity (Wildman–Crippen MR) is 113 cm³/mol. The molecule has 2 atom stereocenters. The average molecular weight is 448 g/mol. The molecule has 10 heteroatoms. The van der Waals surface area contributed by atoms with Crippen LogP contribution in [0.2, 0.25) is 0 Å². The molecular weight excluding hydrogens is 428 g/mol. The third-order valence-electron chi connectivity index (χ3n) is 5.26. The van der Waals surface area contributed by atoms with Crippen molar-refractivity contribution in [3.05, 3.63) is 82.7 Å². The summed E-state index contributed by atoms with van der Waals surface area (Å²) in [5.74, 6) is -3.69. The van der Waals surface area contributed by atoms with Crippen molar-refractivity contribution >= 4 is 17.8 Å². The zero-order chi connectivity index (χ0) is 23.5. The number of ether oxygens (including phenoxy) is 1. The first-order valence-corrected chi connectivity index (χ1v) is 10.1. The molecule has 33 heavy (non-hydrogen) atoms. The van der Waals surface area contributed by atoms with E-state index in [4.69, 9.17) is 15.1 Å². The highest BCUT2D eigenvalue weighted by Crippen LogP contribution is 2.38. The number of hydrogen-bond acceptors (Lipinski definition) is 7. The number of carbonyl (C=O) groups is 3. The minimum Gasteiger partial charge on any atom is -0.494 e. The predicted octanol–water partition coefficient (Wildman–Crippen LogP) is 1.06. The first kappa shape index (κ1) is 21.9. The Bertz CT molecular complexity index is 1170. The molecule has 2 aliphatic rings. The van der Waals surface area contributed by atoms with Crippen LogP contribution in [0, 0.1) is 11.3 Å². The highest BCUT2D eigenvalue weighted by molar-refractivity contribution is 6.19. The maximum atomic E-state index is 13.3. The molecule has 1 saturated heterocycles. The van der Waals surface area contributed by atoms with E-state index in [1.165, 1.54) is 9.80 Å². The molecule has 0 radical (unpaired) electrons. The summed E-state index contributed by atoms with van der Waals surface area (Å²) in [5, 5.41) is 31.2. The number of aliphatic hydroxyl groups is 1. The van der Waals surface area contributed by atoms with Crippen LogP contribution in [0.15, 0.2) is 66.1 Å². The quantitative estimate of drug-likeness (QED) is 0.421. The van der Waals surface area contributed by atoms with Gasteiger partial charge < -0.3 is 30.1 Å². The van der Waals surface area contributed by atoms with Gasteiger partial charge in [-0.2, -0.15) is 5.26 Å². The molecule has 2 aliphatic heterocycles. The van der Waals surface area contributed by atoms with Gasteiger partial charge >= 0.3 is 5.97 Å². The van der Waals surface area contributed by atoms with Gasteiger partial charge in [0.25, 0.3) is 11.8 Å². The van der Waals surface area contributed by atoms with Crippen LogP contribution in [0.3, 0.4) is 0 Å². The summed E-state index contributed by atoms with van der Waals surface area (Å²) >= 11 is 0. The number of nitrogens with zero attached hydrogens (tertiary/aromatic N) is 3. The molecule has 168 valence electrons. The standard InChI is InChI=1S/C23H20N4O6/c24-10-15-7-4-8-16(9-15)13-27-21(32)18(19(30)25-11-17(28)29)20(31)26(22-23(27)33-22)12-14-5-2-1-3-6-14/h1-9,22-23,32H,11-13H2,(H,25,30)(H,28,29). The number of epoxide rings is 1. The maximum Gasteiger partial charge on any atom is 0.322 e. The van der Waals surface area contributed by atoms with E-state index in [0.717, 1.165) is 5.56 Å². The molecule has 1 fully saturated rings. The lowest BCUT2D eigenvalue weighted by atomic mass is 10.1. The number of amides is 2. The second-order valence-corrected chi connectivity index (χ2v) is 7.55. The molecule has 10 nitrogen and oxygen atoms in total. The number of aliphatic carboxylic acids is 1. The van der Waals surface area contributed by atoms with Crippen LogP contribution in [0.4, 0.5) is 0 Å². The van der Waals surface area contributed by atoms with E-state index in [2.05, 4.69) is 5.32 Å². The number of rotatable bonds is 7. The van der Waals surface area contributed by atoms with Crippen molar-refractivity contribution in [3.63, 3.8) is 0 Å². The molecule has 3 N–H and O–H groups in total. The van der Waals surface area contributed by atoms with Crippen molar-refractivity contribution in [2.45, 2.75) is 25.5 Å². The van der Waals surface area contributed by atoms with E-state index in [1.54, 1.807) is 24.3 Å². The topological polar surface area (TPSA) is 147 Å². The maximum absolute atomic E-state index is 13.3. The minimum atomic E-state index is -1.29. The number of nitriles is 1. The molecule has 2 unspecified atom stereocenters. The Kier molecular flexibility index (Phi) is 5.97. The summed E-state index contributed by atoms with van der Waals surface area (Å²) in [6, 6.07) is 17.8. The summed E-state index contributed by atoms with van der Waals surface area (Å²) < 4.78 is 5.70. The summed E-state index contributed by atoms with van der Waals surface area (Å²) in [7, 11) is 0. The highest BCUT2D eigenvalue weighted by Gasteiger charge is 2.55. The molecule has 0 saturated carbocycles. The third-order valence-corrected chi connectivity index (χ3v) is 5.26. The van der Waals surface area contributed by atoms with Crippen LogP contribution >= 0.6 is 0 Å². The molecule has 2 aromatic carbocycles. The summed E-state index contributed by atoms with van der Waals surface area (Å²) in [6.07, 6.45) is -1.43. The van der Waals surface area contributed by atoms with E-state index < -0.39 is 48.2 Å². The van der Waals surface area contributed by atoms with Gasteiger partial charge in [0.05, 0.1) is 11.6 Å². The molecule has 0 aliphatic carbocycles. The number of benzene rings is 2. The van der Waals surface area contributed by atoms with Gasteiger partial charge in [0.2, 0.25) is 5.88 Å². The lowest BCUT2D eigenvalue weighted by molar-refractivity contribution is -0.139. The number of carbonyl (C=O) groups excluding carboxylic acids is 2. The van der Waals surface area contributed by atoms with E-state index >= 15 is 0 Å². The third kappa shape index (κ3) is 4.63. The number of hydrogen-bond donors (Lipinski definition) is 3. The Morgan fingerprint density at radius 2 is 1.70 bits per heavy atom. The van der Waals surface area contributed by atoms with Crippen LogP contribution in [0.25, 0.3) is 0 Å². The smallest absolute Gasteiger partial charge is 0.322 e. The molecule has 2 aromatic rings. The number of nitrogens with one attached hydrogen (secondary N) is 1. The Morgan fingerprint density at radius 3 is 2.39 bits per heavy atom. The monoisotopic (exact) mass is 448 g/mol. The van der Waals surface area contributed by atoms with E-state index in [9.17, 15) is 19.5 Å². The second-order valence-electron chi connectivity index (χ2n) is 7.55. The molecule has 0 spiro atoms. The SMILES string of the molecule is N#Cc1cccc(CN2C(O)=C(C(=O)NCC(=O)O)C(=O)N(Cc3ccccc3)C3OC32)c1. The lowest BCUT2D eigenvalue weighted by Crippen LogP contribution is -2.40. The summed E-state index contributed by atoms with van der Waals surface area (Å²) in [5.41, 5.74) is 1.30. The van der Waals surface area contributed by atoms with E-state index in [1.807, 2.05) is 36.4 Å². The largest absolute Gasteiger partial charge is 0.494 e. The molecule has 4 rings (SSSR count). The Labute approximate surface area is 188 Å². The first-order valence-electron chi connectivity index (χ1n) is 10.1. The number of carboxylic acids is 1. The zero-order valence-corrected chi connectivity index (χ0v) is 17.3. The number of fused-ring (bicyclic) bond motifs is 1. The van der Waals surface area contributed by atoms with E-state index in [-0.39, 0.29) is 13.1 Å². The normalized spacial score (nSPS) is 19.4. The number of carboxylic acid groups (broad SMARTS) is 1. The minimum absolute atomic E-state index is 0.0602. The van der Waals surface area contributed by atoms with Crippen molar-refractivity contribution in [3.8, 4) is 6.07 Å². The molecule has 0 aromatic heterocycles. The Hall–Kier alpha value is -4.36. The second kappa shape index (κ2) is 9.02. The Morgan fingerprint density at radius 1 is 1.03 bits per heavy atom. The molecule has 2 amide bonds. The average Bonchev–Trinajstić information content (AvgIpc) is 3.60. The van der Waals surface area contributed by atoms with Crippen LogP contribution in [-0.4, -0.2) is 56.8 Å².